The molecule has 0 amide bonds. The highest BCUT2D eigenvalue weighted by Crippen LogP contribution is 2.36. The summed E-state index contributed by atoms with van der Waals surface area (Å²) in [5, 5.41) is -0.194. The van der Waals surface area contributed by atoms with E-state index in [2.05, 4.69) is 19.9 Å². The van der Waals surface area contributed by atoms with Crippen molar-refractivity contribution >= 4 is 22.9 Å². The van der Waals surface area contributed by atoms with E-state index in [0.29, 0.717) is 11.1 Å². The largest absolute Gasteiger partial charge is 0.206 e. The van der Waals surface area contributed by atoms with Gasteiger partial charge in [-0.15, -0.1) is 22.9 Å². The number of halogens is 2. The van der Waals surface area contributed by atoms with Crippen molar-refractivity contribution in [3.8, 4) is 0 Å². The lowest BCUT2D eigenvalue weighted by Crippen LogP contribution is -1.96. The first kappa shape index (κ1) is 13.6. The number of benzene rings is 1. The van der Waals surface area contributed by atoms with E-state index in [1.807, 2.05) is 12.1 Å². The van der Waals surface area contributed by atoms with E-state index in [0.717, 1.165) is 10.4 Å². The molecule has 0 saturated heterocycles. The van der Waals surface area contributed by atoms with Crippen molar-refractivity contribution in [1.29, 1.82) is 0 Å². The predicted octanol–water partition coefficient (Wildman–Crippen LogP) is 5.45. The van der Waals surface area contributed by atoms with E-state index >= 15 is 0 Å². The monoisotopic (exact) mass is 282 g/mol. The molecule has 0 aliphatic rings. The molecule has 3 heteroatoms. The van der Waals surface area contributed by atoms with Gasteiger partial charge >= 0.3 is 0 Å². The quantitative estimate of drug-likeness (QED) is 0.643. The molecule has 18 heavy (non-hydrogen) atoms. The van der Waals surface area contributed by atoms with E-state index < -0.39 is 0 Å². The zero-order valence-electron chi connectivity index (χ0n) is 11.0. The average Bonchev–Trinajstić information content (AvgIpc) is 2.65. The molecule has 1 aromatic carbocycles. The van der Waals surface area contributed by atoms with Crippen molar-refractivity contribution in [1.82, 2.24) is 0 Å². The second kappa shape index (κ2) is 5.02. The topological polar surface area (TPSA) is 0 Å². The van der Waals surface area contributed by atoms with Gasteiger partial charge in [0.1, 0.15) is 5.82 Å². The molecule has 2 rings (SSSR count). The van der Waals surface area contributed by atoms with Crippen LogP contribution in [0.25, 0.3) is 0 Å². The lowest BCUT2D eigenvalue weighted by Gasteiger charge is -2.11. The summed E-state index contributed by atoms with van der Waals surface area (Å²) in [4.78, 5) is 2.41. The maximum absolute atomic E-state index is 13.6. The van der Waals surface area contributed by atoms with Crippen molar-refractivity contribution in [3.05, 3.63) is 56.0 Å². The molecular weight excluding hydrogens is 267 g/mol. The number of aryl methyl sites for hydroxylation is 4. The molecule has 1 aromatic heterocycles. The zero-order chi connectivity index (χ0) is 13.4. The third-order valence-corrected chi connectivity index (χ3v) is 5.02. The molecule has 1 atom stereocenters. The smallest absolute Gasteiger partial charge is 0.129 e. The Morgan fingerprint density at radius 2 is 1.56 bits per heavy atom. The summed E-state index contributed by atoms with van der Waals surface area (Å²) in [6.45, 7) is 7.73. The van der Waals surface area contributed by atoms with Crippen LogP contribution in [-0.4, -0.2) is 0 Å². The predicted molar refractivity (Wildman–Crippen MR) is 77.4 cm³/mol. The third-order valence-electron chi connectivity index (χ3n) is 3.19. The highest BCUT2D eigenvalue weighted by atomic mass is 35.5. The fraction of sp³-hybridized carbons (Fsp3) is 0.333. The van der Waals surface area contributed by atoms with Crippen LogP contribution in [0.5, 0.6) is 0 Å². The van der Waals surface area contributed by atoms with Gasteiger partial charge in [-0.1, -0.05) is 12.1 Å². The minimum Gasteiger partial charge on any atom is -0.206 e. The van der Waals surface area contributed by atoms with Gasteiger partial charge in [0.2, 0.25) is 0 Å². The fourth-order valence-electron chi connectivity index (χ4n) is 2.02. The molecule has 0 aliphatic heterocycles. The molecule has 1 unspecified atom stereocenters. The minimum absolute atomic E-state index is 0.138. The zero-order valence-corrected chi connectivity index (χ0v) is 12.5. The molecule has 2 aromatic rings. The first-order valence-corrected chi connectivity index (χ1v) is 7.13. The van der Waals surface area contributed by atoms with Crippen LogP contribution in [0.3, 0.4) is 0 Å². The summed E-state index contributed by atoms with van der Waals surface area (Å²) >= 11 is 8.21. The first-order chi connectivity index (χ1) is 8.40. The Labute approximate surface area is 116 Å². The molecule has 0 saturated carbocycles. The Bertz CT molecular complexity index is 544. The van der Waals surface area contributed by atoms with Gasteiger partial charge in [0.25, 0.3) is 0 Å². The van der Waals surface area contributed by atoms with Gasteiger partial charge in [-0.3, -0.25) is 0 Å². The van der Waals surface area contributed by atoms with Crippen LogP contribution >= 0.6 is 22.9 Å². The molecule has 0 N–H and O–H groups in total. The standard InChI is InChI=1S/C15H16ClFS/c1-8-7-13(18-11(8)4)14(16)12-5-9(2)15(17)10(3)6-12/h5-7,14H,1-4H3. The maximum Gasteiger partial charge on any atom is 0.129 e. The summed E-state index contributed by atoms with van der Waals surface area (Å²) in [5.41, 5.74) is 3.53. The number of thiophene rings is 1. The SMILES string of the molecule is Cc1cc(C(Cl)c2cc(C)c(F)c(C)c2)sc1C. The summed E-state index contributed by atoms with van der Waals surface area (Å²) in [5.74, 6) is -0.138. The lowest BCUT2D eigenvalue weighted by molar-refractivity contribution is 0.608. The van der Waals surface area contributed by atoms with Gasteiger partial charge in [-0.25, -0.2) is 4.39 Å². The summed E-state index contributed by atoms with van der Waals surface area (Å²) in [7, 11) is 0. The molecule has 0 spiro atoms. The van der Waals surface area contributed by atoms with Gasteiger partial charge in [-0.05, 0) is 56.0 Å². The molecule has 96 valence electrons. The van der Waals surface area contributed by atoms with E-state index in [1.54, 1.807) is 25.2 Å². The van der Waals surface area contributed by atoms with Gasteiger partial charge in [0.15, 0.2) is 0 Å². The first-order valence-electron chi connectivity index (χ1n) is 5.87. The molecular formula is C15H16ClFS. The molecule has 1 heterocycles. The van der Waals surface area contributed by atoms with Crippen molar-refractivity contribution < 1.29 is 4.39 Å². The van der Waals surface area contributed by atoms with Crippen LogP contribution in [0.1, 0.15) is 37.4 Å². The minimum atomic E-state index is -0.194. The van der Waals surface area contributed by atoms with Gasteiger partial charge in [0, 0.05) is 9.75 Å². The van der Waals surface area contributed by atoms with Crippen LogP contribution in [-0.2, 0) is 0 Å². The Balaban J connectivity index is 2.42. The van der Waals surface area contributed by atoms with E-state index in [9.17, 15) is 4.39 Å². The second-order valence-electron chi connectivity index (χ2n) is 4.72. The average molecular weight is 283 g/mol. The summed E-state index contributed by atoms with van der Waals surface area (Å²) < 4.78 is 13.6. The number of rotatable bonds is 2. The van der Waals surface area contributed by atoms with Crippen LogP contribution < -0.4 is 0 Å². The number of hydrogen-bond acceptors (Lipinski definition) is 1. The number of hydrogen-bond donors (Lipinski definition) is 0. The maximum atomic E-state index is 13.6. The van der Waals surface area contributed by atoms with Crippen molar-refractivity contribution in [2.24, 2.45) is 0 Å². The van der Waals surface area contributed by atoms with Crippen molar-refractivity contribution in [3.63, 3.8) is 0 Å². The van der Waals surface area contributed by atoms with Gasteiger partial charge < -0.3 is 0 Å². The Hall–Kier alpha value is -0.860. The molecule has 0 aliphatic carbocycles. The van der Waals surface area contributed by atoms with Crippen LogP contribution in [0, 0.1) is 33.5 Å². The lowest BCUT2D eigenvalue weighted by atomic mass is 10.0. The molecule has 0 nitrogen and oxygen atoms in total. The molecule has 0 bridgehead atoms. The second-order valence-corrected chi connectivity index (χ2v) is 6.44. The Kier molecular flexibility index (Phi) is 3.79. The van der Waals surface area contributed by atoms with Gasteiger partial charge in [0.05, 0.1) is 5.38 Å². The van der Waals surface area contributed by atoms with E-state index in [-0.39, 0.29) is 11.2 Å². The van der Waals surface area contributed by atoms with Crippen LogP contribution in [0.4, 0.5) is 4.39 Å². The number of alkyl halides is 1. The summed E-state index contributed by atoms with van der Waals surface area (Å²) in [6.07, 6.45) is 0. The highest BCUT2D eigenvalue weighted by Gasteiger charge is 2.16. The fourth-order valence-corrected chi connectivity index (χ4v) is 3.39. The summed E-state index contributed by atoms with van der Waals surface area (Å²) in [6, 6.07) is 5.79. The Morgan fingerprint density at radius 3 is 2.00 bits per heavy atom. The van der Waals surface area contributed by atoms with Gasteiger partial charge in [-0.2, -0.15) is 0 Å². The van der Waals surface area contributed by atoms with Crippen molar-refractivity contribution in [2.75, 3.05) is 0 Å². The van der Waals surface area contributed by atoms with Crippen molar-refractivity contribution in [2.45, 2.75) is 33.1 Å². The highest BCUT2D eigenvalue weighted by molar-refractivity contribution is 7.12. The Morgan fingerprint density at radius 1 is 1.00 bits per heavy atom. The van der Waals surface area contributed by atoms with E-state index in [1.165, 1.54) is 10.4 Å². The third kappa shape index (κ3) is 2.45. The van der Waals surface area contributed by atoms with Crippen LogP contribution in [0.15, 0.2) is 18.2 Å². The molecule has 0 radical (unpaired) electrons. The molecule has 0 fully saturated rings. The normalized spacial score (nSPS) is 12.8. The van der Waals surface area contributed by atoms with E-state index in [4.69, 9.17) is 11.6 Å². The van der Waals surface area contributed by atoms with Crippen LogP contribution in [0.2, 0.25) is 0 Å².